The summed E-state index contributed by atoms with van der Waals surface area (Å²) in [6.45, 7) is 0.204. The number of alkyl halides is 2. The van der Waals surface area contributed by atoms with E-state index in [0.29, 0.717) is 0 Å². The Bertz CT molecular complexity index is 166. The van der Waals surface area contributed by atoms with E-state index < -0.39 is 17.1 Å². The maximum Gasteiger partial charge on any atom is 0.325 e. The van der Waals surface area contributed by atoms with E-state index in [4.69, 9.17) is 16.3 Å². The van der Waals surface area contributed by atoms with Crippen LogP contribution in [0.25, 0.3) is 0 Å². The summed E-state index contributed by atoms with van der Waals surface area (Å²) in [6.07, 6.45) is 0.200. The van der Waals surface area contributed by atoms with Crippen molar-refractivity contribution >= 4 is 16.8 Å². The fourth-order valence-electron chi connectivity index (χ4n) is 0.981. The summed E-state index contributed by atoms with van der Waals surface area (Å²) in [5, 5.41) is -1.59. The highest BCUT2D eigenvalue weighted by molar-refractivity contribution is 6.65. The van der Waals surface area contributed by atoms with Gasteiger partial charge in [-0.15, -0.1) is 0 Å². The molecule has 0 bridgehead atoms. The first kappa shape index (κ1) is 8.87. The Morgan fingerprint density at radius 1 is 1.64 bits per heavy atom. The van der Waals surface area contributed by atoms with Gasteiger partial charge in [-0.2, -0.15) is 8.78 Å². The fourth-order valence-corrected chi connectivity index (χ4v) is 1.14. The van der Waals surface area contributed by atoms with Gasteiger partial charge in [0.1, 0.15) is 0 Å². The van der Waals surface area contributed by atoms with Gasteiger partial charge < -0.3 is 4.74 Å². The second kappa shape index (κ2) is 3.03. The van der Waals surface area contributed by atoms with Gasteiger partial charge in [-0.1, -0.05) is 0 Å². The van der Waals surface area contributed by atoms with Crippen molar-refractivity contribution in [3.8, 4) is 0 Å². The van der Waals surface area contributed by atoms with Crippen LogP contribution in [-0.4, -0.2) is 24.4 Å². The number of carbonyl (C=O) groups excluding carboxylic acids is 1. The number of carbonyl (C=O) groups is 1. The highest BCUT2D eigenvalue weighted by Gasteiger charge is 2.47. The molecule has 0 spiro atoms. The van der Waals surface area contributed by atoms with Crippen LogP contribution in [-0.2, 0) is 9.53 Å². The quantitative estimate of drug-likeness (QED) is 0.607. The molecular formula is C6H7ClF2O2. The third-order valence-electron chi connectivity index (χ3n) is 1.70. The molecule has 1 atom stereocenters. The first-order valence-electron chi connectivity index (χ1n) is 3.20. The van der Waals surface area contributed by atoms with Crippen LogP contribution in [0, 0.1) is 5.92 Å². The number of rotatable bonds is 2. The molecule has 0 aromatic heterocycles. The molecule has 0 aliphatic carbocycles. The Hall–Kier alpha value is -0.220. The lowest BCUT2D eigenvalue weighted by Crippen LogP contribution is -2.34. The highest BCUT2D eigenvalue weighted by atomic mass is 35.5. The third-order valence-corrected chi connectivity index (χ3v) is 1.96. The number of hydrogen-bond acceptors (Lipinski definition) is 2. The maximum atomic E-state index is 12.7. The smallest absolute Gasteiger partial charge is 0.325 e. The van der Waals surface area contributed by atoms with Crippen molar-refractivity contribution in [3.63, 3.8) is 0 Å². The van der Waals surface area contributed by atoms with Crippen molar-refractivity contribution in [3.05, 3.63) is 0 Å². The van der Waals surface area contributed by atoms with Gasteiger partial charge in [0.15, 0.2) is 0 Å². The predicted octanol–water partition coefficient (Wildman–Crippen LogP) is 1.42. The summed E-state index contributed by atoms with van der Waals surface area (Å²) in [6, 6.07) is 0. The van der Waals surface area contributed by atoms with Crippen molar-refractivity contribution in [2.75, 3.05) is 13.2 Å². The number of hydrogen-bond donors (Lipinski definition) is 0. The van der Waals surface area contributed by atoms with E-state index in [1.807, 2.05) is 0 Å². The summed E-state index contributed by atoms with van der Waals surface area (Å²) in [4.78, 5) is 10.2. The largest absolute Gasteiger partial charge is 0.381 e. The molecule has 1 fully saturated rings. The topological polar surface area (TPSA) is 26.3 Å². The van der Waals surface area contributed by atoms with Gasteiger partial charge in [0.05, 0.1) is 12.5 Å². The number of halogens is 3. The van der Waals surface area contributed by atoms with Gasteiger partial charge in [0.2, 0.25) is 0 Å². The molecule has 0 aromatic rings. The van der Waals surface area contributed by atoms with Gasteiger partial charge >= 0.3 is 5.92 Å². The molecule has 5 heteroatoms. The predicted molar refractivity (Wildman–Crippen MR) is 34.7 cm³/mol. The molecule has 2 nitrogen and oxygen atoms in total. The minimum atomic E-state index is -3.42. The van der Waals surface area contributed by atoms with Crippen LogP contribution in [0.1, 0.15) is 6.42 Å². The standard InChI is InChI=1S/C6H7ClF2O2/c7-5(10)6(8,9)4-1-2-11-3-4/h4H,1-3H2. The Morgan fingerprint density at radius 2 is 2.27 bits per heavy atom. The Kier molecular flexibility index (Phi) is 2.44. The normalized spacial score (nSPS) is 25.5. The molecule has 0 saturated carbocycles. The monoisotopic (exact) mass is 184 g/mol. The lowest BCUT2D eigenvalue weighted by atomic mass is 10.0. The zero-order valence-electron chi connectivity index (χ0n) is 5.65. The van der Waals surface area contributed by atoms with Crippen LogP contribution < -0.4 is 0 Å². The van der Waals surface area contributed by atoms with Crippen LogP contribution in [0.3, 0.4) is 0 Å². The van der Waals surface area contributed by atoms with Crippen molar-refractivity contribution in [1.82, 2.24) is 0 Å². The first-order valence-corrected chi connectivity index (χ1v) is 3.58. The molecule has 0 N–H and O–H groups in total. The van der Waals surface area contributed by atoms with Gasteiger partial charge in [0.25, 0.3) is 5.24 Å². The lowest BCUT2D eigenvalue weighted by molar-refractivity contribution is -0.142. The van der Waals surface area contributed by atoms with Gasteiger partial charge in [-0.3, -0.25) is 4.79 Å². The van der Waals surface area contributed by atoms with Crippen LogP contribution in [0.5, 0.6) is 0 Å². The second-order valence-electron chi connectivity index (χ2n) is 2.46. The molecule has 1 saturated heterocycles. The molecule has 1 aliphatic heterocycles. The average molecular weight is 185 g/mol. The maximum absolute atomic E-state index is 12.7. The molecule has 1 heterocycles. The first-order chi connectivity index (χ1) is 5.05. The Labute approximate surface area is 67.5 Å². The van der Waals surface area contributed by atoms with E-state index in [9.17, 15) is 13.6 Å². The molecule has 64 valence electrons. The average Bonchev–Trinajstić information content (AvgIpc) is 2.37. The second-order valence-corrected chi connectivity index (χ2v) is 2.80. The minimum absolute atomic E-state index is 0.0779. The summed E-state index contributed by atoms with van der Waals surface area (Å²) in [5.74, 6) is -4.45. The van der Waals surface area contributed by atoms with Crippen LogP contribution in [0.4, 0.5) is 8.78 Å². The number of ether oxygens (including phenoxy) is 1. The van der Waals surface area contributed by atoms with Gasteiger partial charge in [0, 0.05) is 6.61 Å². The summed E-state index contributed by atoms with van der Waals surface area (Å²) < 4.78 is 30.1. The van der Waals surface area contributed by atoms with Crippen molar-refractivity contribution < 1.29 is 18.3 Å². The Morgan fingerprint density at radius 3 is 2.64 bits per heavy atom. The zero-order valence-corrected chi connectivity index (χ0v) is 6.40. The molecule has 1 unspecified atom stereocenters. The summed E-state index contributed by atoms with van der Waals surface area (Å²) >= 11 is 4.71. The molecule has 0 aromatic carbocycles. The minimum Gasteiger partial charge on any atom is -0.381 e. The van der Waals surface area contributed by atoms with E-state index in [1.165, 1.54) is 0 Å². The van der Waals surface area contributed by atoms with E-state index in [2.05, 4.69) is 0 Å². The van der Waals surface area contributed by atoms with Crippen LogP contribution in [0.15, 0.2) is 0 Å². The van der Waals surface area contributed by atoms with Crippen molar-refractivity contribution in [1.29, 1.82) is 0 Å². The van der Waals surface area contributed by atoms with Crippen LogP contribution >= 0.6 is 11.6 Å². The van der Waals surface area contributed by atoms with E-state index in [0.717, 1.165) is 0 Å². The molecule has 0 amide bonds. The van der Waals surface area contributed by atoms with Gasteiger partial charge in [-0.05, 0) is 18.0 Å². The fraction of sp³-hybridized carbons (Fsp3) is 0.833. The molecule has 11 heavy (non-hydrogen) atoms. The highest BCUT2D eigenvalue weighted by Crippen LogP contribution is 2.32. The molecule has 1 aliphatic rings. The summed E-state index contributed by atoms with van der Waals surface area (Å²) in [7, 11) is 0. The lowest BCUT2D eigenvalue weighted by Gasteiger charge is -2.16. The van der Waals surface area contributed by atoms with E-state index >= 15 is 0 Å². The zero-order chi connectivity index (χ0) is 8.48. The van der Waals surface area contributed by atoms with Crippen molar-refractivity contribution in [2.24, 2.45) is 5.92 Å². The van der Waals surface area contributed by atoms with E-state index in [-0.39, 0.29) is 19.6 Å². The summed E-state index contributed by atoms with van der Waals surface area (Å²) in [5.41, 5.74) is 0. The molecule has 0 radical (unpaired) electrons. The molecular weight excluding hydrogens is 178 g/mol. The molecule has 1 rings (SSSR count). The van der Waals surface area contributed by atoms with Crippen LogP contribution in [0.2, 0.25) is 0 Å². The third kappa shape index (κ3) is 1.68. The van der Waals surface area contributed by atoms with E-state index in [1.54, 1.807) is 0 Å². The van der Waals surface area contributed by atoms with Gasteiger partial charge in [-0.25, -0.2) is 0 Å². The SMILES string of the molecule is O=C(Cl)C(F)(F)C1CCOC1. The Balaban J connectivity index is 2.62. The van der Waals surface area contributed by atoms with Crippen molar-refractivity contribution in [2.45, 2.75) is 12.3 Å².